The highest BCUT2D eigenvalue weighted by Crippen LogP contribution is 2.22. The molecule has 2 rings (SSSR count). The average molecular weight is 250 g/mol. The van der Waals surface area contributed by atoms with Gasteiger partial charge >= 0.3 is 5.97 Å². The molecule has 6 heteroatoms. The van der Waals surface area contributed by atoms with E-state index in [4.69, 9.17) is 9.84 Å². The molecule has 0 aliphatic heterocycles. The van der Waals surface area contributed by atoms with Gasteiger partial charge in [-0.15, -0.1) is 0 Å². The van der Waals surface area contributed by atoms with Crippen molar-refractivity contribution in [3.8, 4) is 0 Å². The minimum atomic E-state index is -1.16. The summed E-state index contributed by atoms with van der Waals surface area (Å²) in [5.74, 6) is -1.61. The van der Waals surface area contributed by atoms with E-state index in [1.54, 1.807) is 7.11 Å². The molecule has 1 heterocycles. The fraction of sp³-hybridized carbons (Fsp3) is 0.417. The summed E-state index contributed by atoms with van der Waals surface area (Å²) in [6, 6.07) is 2.89. The number of hydrogen-bond donors (Lipinski definition) is 2. The Labute approximate surface area is 104 Å². The van der Waals surface area contributed by atoms with Crippen LogP contribution in [-0.4, -0.2) is 41.2 Å². The Bertz CT molecular complexity index is 469. The van der Waals surface area contributed by atoms with Gasteiger partial charge in [0.25, 0.3) is 5.91 Å². The lowest BCUT2D eigenvalue weighted by atomic mass is 9.89. The number of nitrogens with one attached hydrogen (secondary N) is 1. The van der Waals surface area contributed by atoms with E-state index < -0.39 is 11.9 Å². The van der Waals surface area contributed by atoms with Crippen LogP contribution in [0.4, 0.5) is 0 Å². The van der Waals surface area contributed by atoms with Crippen molar-refractivity contribution in [2.24, 2.45) is 0 Å². The smallest absolute Gasteiger partial charge is 0.338 e. The standard InChI is InChI=1S/C12H14N2O4/c1-18-8-5-7(6-8)14-11(15)10-9(12(16)17)3-2-4-13-10/h2-4,7-8H,5-6H2,1H3,(H,14,15)(H,16,17). The maximum Gasteiger partial charge on any atom is 0.338 e. The summed E-state index contributed by atoms with van der Waals surface area (Å²) in [6.07, 6.45) is 3.08. The fourth-order valence-corrected chi connectivity index (χ4v) is 1.89. The van der Waals surface area contributed by atoms with Crippen LogP contribution in [0.2, 0.25) is 0 Å². The number of carboxylic acid groups (broad SMARTS) is 1. The lowest BCUT2D eigenvalue weighted by molar-refractivity contribution is 0.0175. The number of pyridine rings is 1. The minimum Gasteiger partial charge on any atom is -0.478 e. The maximum absolute atomic E-state index is 11.9. The first-order valence-electron chi connectivity index (χ1n) is 5.63. The summed E-state index contributed by atoms with van der Waals surface area (Å²) in [6.45, 7) is 0. The summed E-state index contributed by atoms with van der Waals surface area (Å²) in [7, 11) is 1.63. The number of rotatable bonds is 4. The number of methoxy groups -OCH3 is 1. The molecule has 1 aromatic heterocycles. The lowest BCUT2D eigenvalue weighted by Crippen LogP contribution is -2.47. The zero-order valence-electron chi connectivity index (χ0n) is 9.92. The van der Waals surface area contributed by atoms with E-state index >= 15 is 0 Å². The maximum atomic E-state index is 11.9. The molecule has 1 amide bonds. The van der Waals surface area contributed by atoms with Crippen LogP contribution in [0.1, 0.15) is 33.7 Å². The third-order valence-corrected chi connectivity index (χ3v) is 3.02. The molecular formula is C12H14N2O4. The third-order valence-electron chi connectivity index (χ3n) is 3.02. The minimum absolute atomic E-state index is 0.0334. The molecule has 0 atom stereocenters. The number of carboxylic acids is 1. The Hall–Kier alpha value is -1.95. The van der Waals surface area contributed by atoms with Crippen LogP contribution in [0.3, 0.4) is 0 Å². The molecule has 6 nitrogen and oxygen atoms in total. The highest BCUT2D eigenvalue weighted by atomic mass is 16.5. The number of ether oxygens (including phenoxy) is 1. The Morgan fingerprint density at radius 1 is 1.50 bits per heavy atom. The first kappa shape index (κ1) is 12.5. The van der Waals surface area contributed by atoms with Crippen molar-refractivity contribution in [1.29, 1.82) is 0 Å². The quantitative estimate of drug-likeness (QED) is 0.820. The van der Waals surface area contributed by atoms with Crippen molar-refractivity contribution in [2.45, 2.75) is 25.0 Å². The Balaban J connectivity index is 2.03. The van der Waals surface area contributed by atoms with Gasteiger partial charge < -0.3 is 15.2 Å². The molecule has 1 fully saturated rings. The highest BCUT2D eigenvalue weighted by Gasteiger charge is 2.31. The molecule has 1 saturated carbocycles. The van der Waals surface area contributed by atoms with Crippen molar-refractivity contribution < 1.29 is 19.4 Å². The number of aromatic nitrogens is 1. The largest absolute Gasteiger partial charge is 0.478 e. The van der Waals surface area contributed by atoms with Gasteiger partial charge in [0.05, 0.1) is 11.7 Å². The third kappa shape index (κ3) is 2.48. The van der Waals surface area contributed by atoms with Crippen molar-refractivity contribution in [3.63, 3.8) is 0 Å². The average Bonchev–Trinajstić information content (AvgIpc) is 2.32. The first-order valence-corrected chi connectivity index (χ1v) is 5.63. The molecule has 18 heavy (non-hydrogen) atoms. The predicted octanol–water partition coefficient (Wildman–Crippen LogP) is 0.687. The number of amides is 1. The van der Waals surface area contributed by atoms with Gasteiger partial charge in [0.2, 0.25) is 0 Å². The monoisotopic (exact) mass is 250 g/mol. The molecule has 0 unspecified atom stereocenters. The normalized spacial score (nSPS) is 22.1. The molecular weight excluding hydrogens is 236 g/mol. The van der Waals surface area contributed by atoms with E-state index in [-0.39, 0.29) is 23.4 Å². The summed E-state index contributed by atoms with van der Waals surface area (Å²) in [5, 5.41) is 11.7. The first-order chi connectivity index (χ1) is 8.61. The van der Waals surface area contributed by atoms with E-state index in [0.717, 1.165) is 12.8 Å². The zero-order chi connectivity index (χ0) is 13.1. The van der Waals surface area contributed by atoms with Gasteiger partial charge in [-0.3, -0.25) is 9.78 Å². The van der Waals surface area contributed by atoms with Crippen molar-refractivity contribution >= 4 is 11.9 Å². The van der Waals surface area contributed by atoms with Crippen molar-refractivity contribution in [2.75, 3.05) is 7.11 Å². The fourth-order valence-electron chi connectivity index (χ4n) is 1.89. The molecule has 0 radical (unpaired) electrons. The van der Waals surface area contributed by atoms with Gasteiger partial charge in [-0.05, 0) is 25.0 Å². The summed E-state index contributed by atoms with van der Waals surface area (Å²) in [5.41, 5.74) is -0.136. The van der Waals surface area contributed by atoms with E-state index in [2.05, 4.69) is 10.3 Å². The van der Waals surface area contributed by atoms with Crippen LogP contribution in [-0.2, 0) is 4.74 Å². The van der Waals surface area contributed by atoms with Crippen molar-refractivity contribution in [1.82, 2.24) is 10.3 Å². The van der Waals surface area contributed by atoms with E-state index in [9.17, 15) is 9.59 Å². The van der Waals surface area contributed by atoms with Crippen LogP contribution in [0.15, 0.2) is 18.3 Å². The second-order valence-corrected chi connectivity index (χ2v) is 4.20. The van der Waals surface area contributed by atoms with Gasteiger partial charge in [0.15, 0.2) is 0 Å². The second-order valence-electron chi connectivity index (χ2n) is 4.20. The van der Waals surface area contributed by atoms with Crippen molar-refractivity contribution in [3.05, 3.63) is 29.6 Å². The predicted molar refractivity (Wildman–Crippen MR) is 62.5 cm³/mol. The van der Waals surface area contributed by atoms with Crippen LogP contribution >= 0.6 is 0 Å². The molecule has 1 aliphatic carbocycles. The number of nitrogens with zero attached hydrogens (tertiary/aromatic N) is 1. The Morgan fingerprint density at radius 3 is 2.83 bits per heavy atom. The Morgan fingerprint density at radius 2 is 2.22 bits per heavy atom. The molecule has 0 bridgehead atoms. The van der Waals surface area contributed by atoms with E-state index in [1.165, 1.54) is 18.3 Å². The molecule has 2 N–H and O–H groups in total. The van der Waals surface area contributed by atoms with Gasteiger partial charge in [0.1, 0.15) is 5.69 Å². The molecule has 0 saturated heterocycles. The topological polar surface area (TPSA) is 88.5 Å². The molecule has 96 valence electrons. The number of hydrogen-bond acceptors (Lipinski definition) is 4. The second kappa shape index (κ2) is 5.14. The molecule has 0 aromatic carbocycles. The molecule has 1 aromatic rings. The van der Waals surface area contributed by atoms with Gasteiger partial charge in [-0.2, -0.15) is 0 Å². The highest BCUT2D eigenvalue weighted by molar-refractivity contribution is 6.03. The lowest BCUT2D eigenvalue weighted by Gasteiger charge is -2.34. The van der Waals surface area contributed by atoms with E-state index in [0.29, 0.717) is 0 Å². The van der Waals surface area contributed by atoms with Crippen LogP contribution in [0, 0.1) is 0 Å². The van der Waals surface area contributed by atoms with Crippen LogP contribution in [0.25, 0.3) is 0 Å². The Kier molecular flexibility index (Phi) is 3.57. The summed E-state index contributed by atoms with van der Waals surface area (Å²) < 4.78 is 5.10. The SMILES string of the molecule is COC1CC(NC(=O)c2ncccc2C(=O)O)C1. The molecule has 0 spiro atoms. The van der Waals surface area contributed by atoms with E-state index in [1.807, 2.05) is 0 Å². The van der Waals surface area contributed by atoms with Gasteiger partial charge in [0, 0.05) is 19.3 Å². The summed E-state index contributed by atoms with van der Waals surface area (Å²) >= 11 is 0. The zero-order valence-corrected chi connectivity index (χ0v) is 9.92. The van der Waals surface area contributed by atoms with Gasteiger partial charge in [-0.25, -0.2) is 4.79 Å². The number of aromatic carboxylic acids is 1. The molecule has 1 aliphatic rings. The van der Waals surface area contributed by atoms with Crippen LogP contribution < -0.4 is 5.32 Å². The number of carbonyl (C=O) groups excluding carboxylic acids is 1. The number of carbonyl (C=O) groups is 2. The summed E-state index contributed by atoms with van der Waals surface area (Å²) in [4.78, 5) is 26.7. The van der Waals surface area contributed by atoms with Crippen LogP contribution in [0.5, 0.6) is 0 Å². The van der Waals surface area contributed by atoms with Gasteiger partial charge in [-0.1, -0.05) is 0 Å².